The molecule has 4 heteroatoms. The first-order valence-electron chi connectivity index (χ1n) is 6.83. The van der Waals surface area contributed by atoms with E-state index in [1.54, 1.807) is 0 Å². The fourth-order valence-corrected chi connectivity index (χ4v) is 2.93. The Labute approximate surface area is 120 Å². The third kappa shape index (κ3) is 3.75. The van der Waals surface area contributed by atoms with Crippen molar-refractivity contribution in [1.82, 2.24) is 4.90 Å². The predicted molar refractivity (Wildman–Crippen MR) is 81.9 cm³/mol. The molecule has 1 fully saturated rings. The van der Waals surface area contributed by atoms with Gasteiger partial charge in [-0.2, -0.15) is 0 Å². The zero-order valence-electron chi connectivity index (χ0n) is 11.3. The summed E-state index contributed by atoms with van der Waals surface area (Å²) in [7, 11) is 0. The van der Waals surface area contributed by atoms with Gasteiger partial charge in [-0.25, -0.2) is 0 Å². The molecule has 0 amide bonds. The first-order chi connectivity index (χ1) is 9.08. The van der Waals surface area contributed by atoms with Gasteiger partial charge in [0, 0.05) is 25.6 Å². The molecule has 1 heterocycles. The van der Waals surface area contributed by atoms with E-state index >= 15 is 0 Å². The fourth-order valence-electron chi connectivity index (χ4n) is 2.77. The molecule has 1 aromatic carbocycles. The molecule has 3 nitrogen and oxygen atoms in total. The van der Waals surface area contributed by atoms with Gasteiger partial charge in [-0.15, -0.1) is 0 Å². The first-order valence-corrected chi connectivity index (χ1v) is 7.24. The summed E-state index contributed by atoms with van der Waals surface area (Å²) in [6.07, 6.45) is 1.33. The lowest BCUT2D eigenvalue weighted by atomic mass is 9.92. The second-order valence-corrected chi connectivity index (χ2v) is 5.95. The summed E-state index contributed by atoms with van der Waals surface area (Å²) in [4.78, 5) is 2.94. The Bertz CT molecular complexity index is 423. The van der Waals surface area contributed by atoms with Gasteiger partial charge in [0.1, 0.15) is 0 Å². The molecule has 2 rings (SSSR count). The molecule has 0 saturated carbocycles. The Hall–Kier alpha value is -0.970. The van der Waals surface area contributed by atoms with Crippen molar-refractivity contribution in [2.45, 2.75) is 31.9 Å². The van der Waals surface area contributed by atoms with Crippen LogP contribution in [0.5, 0.6) is 0 Å². The Kier molecular flexibility index (Phi) is 4.91. The average Bonchev–Trinajstić information content (AvgIpc) is 2.40. The van der Waals surface area contributed by atoms with E-state index in [1.165, 1.54) is 5.56 Å². The van der Waals surface area contributed by atoms with E-state index in [9.17, 15) is 5.11 Å². The third-order valence-electron chi connectivity index (χ3n) is 3.91. The minimum absolute atomic E-state index is 0.183. The number of rotatable bonds is 4. The Balaban J connectivity index is 2.16. The second kappa shape index (κ2) is 6.46. The average molecular weight is 278 g/mol. The molecule has 3 atom stereocenters. The maximum Gasteiger partial charge on any atom is 0.0746 e. The van der Waals surface area contributed by atoms with Crippen molar-refractivity contribution >= 4 is 17.2 Å². The van der Waals surface area contributed by atoms with Crippen molar-refractivity contribution in [2.24, 2.45) is 11.7 Å². The smallest absolute Gasteiger partial charge is 0.0746 e. The van der Waals surface area contributed by atoms with Crippen LogP contribution in [0.2, 0.25) is 0 Å². The second-order valence-electron chi connectivity index (χ2n) is 5.43. The van der Waals surface area contributed by atoms with Crippen LogP contribution in [0.3, 0.4) is 0 Å². The molecule has 0 spiro atoms. The summed E-state index contributed by atoms with van der Waals surface area (Å²) >= 11 is 5.10. The van der Waals surface area contributed by atoms with Crippen LogP contribution in [0.15, 0.2) is 30.3 Å². The van der Waals surface area contributed by atoms with E-state index in [0.717, 1.165) is 19.5 Å². The molecule has 3 unspecified atom stereocenters. The number of nitrogens with two attached hydrogens (primary N) is 1. The van der Waals surface area contributed by atoms with Crippen LogP contribution < -0.4 is 5.73 Å². The molecule has 1 aromatic rings. The van der Waals surface area contributed by atoms with Crippen LogP contribution in [0.4, 0.5) is 0 Å². The summed E-state index contributed by atoms with van der Waals surface area (Å²) in [5, 5.41) is 9.85. The highest BCUT2D eigenvalue weighted by atomic mass is 32.1. The molecular weight excluding hydrogens is 256 g/mol. The maximum atomic E-state index is 9.85. The monoisotopic (exact) mass is 278 g/mol. The largest absolute Gasteiger partial charge is 0.393 e. The number of aliphatic hydroxyl groups excluding tert-OH is 1. The number of hydrogen-bond donors (Lipinski definition) is 2. The van der Waals surface area contributed by atoms with Gasteiger partial charge in [0.2, 0.25) is 0 Å². The van der Waals surface area contributed by atoms with Gasteiger partial charge >= 0.3 is 0 Å². The van der Waals surface area contributed by atoms with Crippen molar-refractivity contribution in [3.63, 3.8) is 0 Å². The molecule has 1 aliphatic rings. The number of thiocarbonyl (C=S) groups is 1. The number of piperidine rings is 1. The standard InChI is InChI=1S/C15H22N2OS/c1-11-10-17(8-7-14(11)18)13(9-15(16)19)12-5-3-2-4-6-12/h2-6,11,13-14,18H,7-10H2,1H3,(H2,16,19). The van der Waals surface area contributed by atoms with E-state index in [2.05, 4.69) is 24.0 Å². The summed E-state index contributed by atoms with van der Waals surface area (Å²) in [6, 6.07) is 10.6. The molecular formula is C15H22N2OS. The van der Waals surface area contributed by atoms with Crippen molar-refractivity contribution in [3.8, 4) is 0 Å². The Morgan fingerprint density at radius 1 is 1.47 bits per heavy atom. The van der Waals surface area contributed by atoms with E-state index in [4.69, 9.17) is 18.0 Å². The van der Waals surface area contributed by atoms with Crippen molar-refractivity contribution in [2.75, 3.05) is 13.1 Å². The van der Waals surface area contributed by atoms with Crippen molar-refractivity contribution in [3.05, 3.63) is 35.9 Å². The molecule has 1 aliphatic heterocycles. The number of hydrogen-bond acceptors (Lipinski definition) is 3. The van der Waals surface area contributed by atoms with Gasteiger partial charge in [-0.1, -0.05) is 49.5 Å². The summed E-state index contributed by atoms with van der Waals surface area (Å²) < 4.78 is 0. The topological polar surface area (TPSA) is 49.5 Å². The van der Waals surface area contributed by atoms with Gasteiger partial charge in [-0.05, 0) is 17.9 Å². The Morgan fingerprint density at radius 3 is 2.74 bits per heavy atom. The van der Waals surface area contributed by atoms with Crippen molar-refractivity contribution < 1.29 is 5.11 Å². The van der Waals surface area contributed by atoms with Crippen LogP contribution in [0.25, 0.3) is 0 Å². The molecule has 1 saturated heterocycles. The third-order valence-corrected chi connectivity index (χ3v) is 4.08. The van der Waals surface area contributed by atoms with Crippen LogP contribution in [-0.2, 0) is 0 Å². The van der Waals surface area contributed by atoms with Crippen molar-refractivity contribution in [1.29, 1.82) is 0 Å². The van der Waals surface area contributed by atoms with Crippen LogP contribution in [0.1, 0.15) is 31.4 Å². The maximum absolute atomic E-state index is 9.85. The van der Waals surface area contributed by atoms with Gasteiger partial charge in [0.05, 0.1) is 11.1 Å². The zero-order chi connectivity index (χ0) is 13.8. The summed E-state index contributed by atoms with van der Waals surface area (Å²) in [5.41, 5.74) is 7.00. The summed E-state index contributed by atoms with van der Waals surface area (Å²) in [5.74, 6) is 0.298. The number of benzene rings is 1. The van der Waals surface area contributed by atoms with Gasteiger partial charge < -0.3 is 10.8 Å². The molecule has 0 aliphatic carbocycles. The molecule has 0 aromatic heterocycles. The van der Waals surface area contributed by atoms with E-state index in [0.29, 0.717) is 17.3 Å². The molecule has 0 radical (unpaired) electrons. The predicted octanol–water partition coefficient (Wildman–Crippen LogP) is 2.11. The molecule has 0 bridgehead atoms. The number of likely N-dealkylation sites (tertiary alicyclic amines) is 1. The lowest BCUT2D eigenvalue weighted by Gasteiger charge is -2.39. The molecule has 19 heavy (non-hydrogen) atoms. The van der Waals surface area contributed by atoms with E-state index in [-0.39, 0.29) is 12.1 Å². The number of nitrogens with zero attached hydrogens (tertiary/aromatic N) is 1. The highest BCUT2D eigenvalue weighted by Gasteiger charge is 2.29. The first kappa shape index (κ1) is 14.4. The van der Waals surface area contributed by atoms with Crippen LogP contribution in [0, 0.1) is 5.92 Å². The number of aliphatic hydroxyl groups is 1. The summed E-state index contributed by atoms with van der Waals surface area (Å²) in [6.45, 7) is 3.89. The minimum Gasteiger partial charge on any atom is -0.393 e. The van der Waals surface area contributed by atoms with Gasteiger partial charge in [-0.3, -0.25) is 4.90 Å². The van der Waals surface area contributed by atoms with E-state index < -0.39 is 0 Å². The quantitative estimate of drug-likeness (QED) is 0.828. The fraction of sp³-hybridized carbons (Fsp3) is 0.533. The minimum atomic E-state index is -0.183. The lowest BCUT2D eigenvalue weighted by molar-refractivity contribution is 0.0179. The highest BCUT2D eigenvalue weighted by molar-refractivity contribution is 7.80. The lowest BCUT2D eigenvalue weighted by Crippen LogP contribution is -2.44. The van der Waals surface area contributed by atoms with Gasteiger partial charge in [0.15, 0.2) is 0 Å². The zero-order valence-corrected chi connectivity index (χ0v) is 12.1. The SMILES string of the molecule is CC1CN(C(CC(N)=S)c2ccccc2)CCC1O. The van der Waals surface area contributed by atoms with Crippen LogP contribution in [-0.4, -0.2) is 34.2 Å². The van der Waals surface area contributed by atoms with Crippen LogP contribution >= 0.6 is 12.2 Å². The molecule has 3 N–H and O–H groups in total. The van der Waals surface area contributed by atoms with Gasteiger partial charge in [0.25, 0.3) is 0 Å². The Morgan fingerprint density at radius 2 is 2.16 bits per heavy atom. The van der Waals surface area contributed by atoms with E-state index in [1.807, 2.05) is 18.2 Å². The highest BCUT2D eigenvalue weighted by Crippen LogP contribution is 2.29. The normalized spacial score (nSPS) is 26.0. The molecule has 104 valence electrons.